The minimum Gasteiger partial charge on any atom is -0.396 e. The van der Waals surface area contributed by atoms with Gasteiger partial charge in [0, 0.05) is 19.7 Å². The van der Waals surface area contributed by atoms with Gasteiger partial charge in [0.1, 0.15) is 5.82 Å². The number of anilines is 2. The SMILES string of the molecule is CCc1nn(C)c(NC(CC)CCO)c1N. The molecule has 0 radical (unpaired) electrons. The molecule has 1 rings (SSSR count). The number of nitrogens with one attached hydrogen (secondary N) is 1. The van der Waals surface area contributed by atoms with Crippen LogP contribution in [0.2, 0.25) is 0 Å². The monoisotopic (exact) mass is 226 g/mol. The zero-order chi connectivity index (χ0) is 12.1. The minimum atomic E-state index is 0.184. The number of nitrogens with zero attached hydrogens (tertiary/aromatic N) is 2. The lowest BCUT2D eigenvalue weighted by molar-refractivity contribution is 0.278. The summed E-state index contributed by atoms with van der Waals surface area (Å²) in [4.78, 5) is 0. The average Bonchev–Trinajstić information content (AvgIpc) is 2.55. The Hall–Kier alpha value is -1.23. The molecule has 92 valence electrons. The molecule has 1 aromatic rings. The molecule has 1 aromatic heterocycles. The Balaban J connectivity index is 2.82. The first-order valence-corrected chi connectivity index (χ1v) is 5.82. The highest BCUT2D eigenvalue weighted by Gasteiger charge is 2.14. The summed E-state index contributed by atoms with van der Waals surface area (Å²) in [5.74, 6) is 0.858. The zero-order valence-corrected chi connectivity index (χ0v) is 10.3. The average molecular weight is 226 g/mol. The second-order valence-electron chi connectivity index (χ2n) is 3.95. The van der Waals surface area contributed by atoms with Crippen molar-refractivity contribution in [2.24, 2.45) is 7.05 Å². The Kier molecular flexibility index (Phi) is 4.61. The van der Waals surface area contributed by atoms with Crippen molar-refractivity contribution < 1.29 is 5.11 Å². The lowest BCUT2D eigenvalue weighted by Gasteiger charge is -2.17. The van der Waals surface area contributed by atoms with Crippen LogP contribution in [0.25, 0.3) is 0 Å². The van der Waals surface area contributed by atoms with E-state index in [9.17, 15) is 0 Å². The summed E-state index contributed by atoms with van der Waals surface area (Å²) < 4.78 is 1.77. The van der Waals surface area contributed by atoms with Gasteiger partial charge in [-0.25, -0.2) is 0 Å². The highest BCUT2D eigenvalue weighted by molar-refractivity contribution is 5.65. The van der Waals surface area contributed by atoms with Crippen molar-refractivity contribution in [1.29, 1.82) is 0 Å². The van der Waals surface area contributed by atoms with Crippen molar-refractivity contribution in [2.75, 3.05) is 17.7 Å². The predicted molar refractivity (Wildman–Crippen MR) is 66.4 cm³/mol. The van der Waals surface area contributed by atoms with Gasteiger partial charge in [0.15, 0.2) is 0 Å². The molecule has 0 aromatic carbocycles. The minimum absolute atomic E-state index is 0.184. The fourth-order valence-corrected chi connectivity index (χ4v) is 1.76. The van der Waals surface area contributed by atoms with Crippen LogP contribution in [0.3, 0.4) is 0 Å². The van der Waals surface area contributed by atoms with Gasteiger partial charge in [-0.3, -0.25) is 4.68 Å². The molecule has 0 spiro atoms. The topological polar surface area (TPSA) is 76.1 Å². The standard InChI is InChI=1S/C11H22N4O/c1-4-8(6-7-16)13-11-10(12)9(5-2)14-15(11)3/h8,13,16H,4-7,12H2,1-3H3. The van der Waals surface area contributed by atoms with Crippen molar-refractivity contribution in [3.05, 3.63) is 5.69 Å². The molecule has 5 nitrogen and oxygen atoms in total. The van der Waals surface area contributed by atoms with Gasteiger partial charge in [-0.05, 0) is 19.3 Å². The third-order valence-corrected chi connectivity index (χ3v) is 2.81. The third kappa shape index (κ3) is 2.66. The third-order valence-electron chi connectivity index (χ3n) is 2.81. The summed E-state index contributed by atoms with van der Waals surface area (Å²) in [5, 5.41) is 16.6. The normalized spacial score (nSPS) is 12.8. The maximum atomic E-state index is 8.94. The Morgan fingerprint density at radius 2 is 2.19 bits per heavy atom. The highest BCUT2D eigenvalue weighted by Crippen LogP contribution is 2.23. The maximum absolute atomic E-state index is 8.94. The first-order valence-electron chi connectivity index (χ1n) is 5.82. The first kappa shape index (κ1) is 12.8. The molecular formula is C11H22N4O. The number of aromatic nitrogens is 2. The van der Waals surface area contributed by atoms with E-state index < -0.39 is 0 Å². The molecule has 4 N–H and O–H groups in total. The number of aryl methyl sites for hydroxylation is 2. The fraction of sp³-hybridized carbons (Fsp3) is 0.727. The Labute approximate surface area is 96.6 Å². The lowest BCUT2D eigenvalue weighted by atomic mass is 10.1. The second kappa shape index (κ2) is 5.75. The van der Waals surface area contributed by atoms with Crippen molar-refractivity contribution in [3.8, 4) is 0 Å². The maximum Gasteiger partial charge on any atom is 0.147 e. The van der Waals surface area contributed by atoms with Gasteiger partial charge in [-0.2, -0.15) is 5.10 Å². The molecule has 16 heavy (non-hydrogen) atoms. The first-order chi connectivity index (χ1) is 7.63. The molecule has 0 aliphatic rings. The molecule has 0 aliphatic carbocycles. The van der Waals surface area contributed by atoms with Gasteiger partial charge < -0.3 is 16.2 Å². The van der Waals surface area contributed by atoms with E-state index in [1.807, 2.05) is 14.0 Å². The molecule has 0 saturated carbocycles. The largest absolute Gasteiger partial charge is 0.396 e. The van der Waals surface area contributed by atoms with E-state index in [0.29, 0.717) is 0 Å². The molecule has 5 heteroatoms. The summed E-state index contributed by atoms with van der Waals surface area (Å²) in [6, 6.07) is 0.243. The molecule has 0 saturated heterocycles. The number of nitrogens with two attached hydrogens (primary N) is 1. The van der Waals surface area contributed by atoms with E-state index >= 15 is 0 Å². The molecular weight excluding hydrogens is 204 g/mol. The summed E-state index contributed by atoms with van der Waals surface area (Å²) in [6.45, 7) is 4.30. The van der Waals surface area contributed by atoms with Crippen molar-refractivity contribution >= 4 is 11.5 Å². The van der Waals surface area contributed by atoms with Crippen LogP contribution >= 0.6 is 0 Å². The van der Waals surface area contributed by atoms with Crippen LogP contribution in [0.15, 0.2) is 0 Å². The van der Waals surface area contributed by atoms with Gasteiger partial charge in [-0.15, -0.1) is 0 Å². The second-order valence-corrected chi connectivity index (χ2v) is 3.95. The fourth-order valence-electron chi connectivity index (χ4n) is 1.76. The van der Waals surface area contributed by atoms with Crippen LogP contribution in [0, 0.1) is 0 Å². The van der Waals surface area contributed by atoms with E-state index in [1.54, 1.807) is 4.68 Å². The number of hydrogen-bond donors (Lipinski definition) is 3. The van der Waals surface area contributed by atoms with E-state index in [4.69, 9.17) is 10.8 Å². The predicted octanol–water partition coefficient (Wildman–Crippen LogP) is 1.14. The number of nitrogen functional groups attached to an aromatic ring is 1. The van der Waals surface area contributed by atoms with Gasteiger partial charge in [0.2, 0.25) is 0 Å². The lowest BCUT2D eigenvalue weighted by Crippen LogP contribution is -2.22. The summed E-state index contributed by atoms with van der Waals surface area (Å²) in [6.07, 6.45) is 2.51. The number of rotatable bonds is 6. The Morgan fingerprint density at radius 3 is 2.62 bits per heavy atom. The Morgan fingerprint density at radius 1 is 1.50 bits per heavy atom. The van der Waals surface area contributed by atoms with Gasteiger partial charge in [0.25, 0.3) is 0 Å². The summed E-state index contributed by atoms with van der Waals surface area (Å²) in [5.41, 5.74) is 7.65. The molecule has 1 heterocycles. The van der Waals surface area contributed by atoms with Crippen molar-refractivity contribution in [1.82, 2.24) is 9.78 Å². The van der Waals surface area contributed by atoms with Crippen LogP contribution in [-0.4, -0.2) is 27.5 Å². The molecule has 1 atom stereocenters. The summed E-state index contributed by atoms with van der Waals surface area (Å²) >= 11 is 0. The highest BCUT2D eigenvalue weighted by atomic mass is 16.3. The molecule has 0 aliphatic heterocycles. The van der Waals surface area contributed by atoms with Gasteiger partial charge in [0.05, 0.1) is 11.4 Å². The van der Waals surface area contributed by atoms with Crippen molar-refractivity contribution in [3.63, 3.8) is 0 Å². The Bertz CT molecular complexity index is 335. The van der Waals surface area contributed by atoms with Crippen LogP contribution in [0.4, 0.5) is 11.5 Å². The molecule has 0 amide bonds. The van der Waals surface area contributed by atoms with E-state index in [0.717, 1.165) is 36.5 Å². The zero-order valence-electron chi connectivity index (χ0n) is 10.3. The summed E-state index contributed by atoms with van der Waals surface area (Å²) in [7, 11) is 1.88. The van der Waals surface area contributed by atoms with Crippen LogP contribution in [0.1, 0.15) is 32.4 Å². The molecule has 0 fully saturated rings. The molecule has 0 bridgehead atoms. The van der Waals surface area contributed by atoms with Gasteiger partial charge in [-0.1, -0.05) is 13.8 Å². The van der Waals surface area contributed by atoms with Crippen LogP contribution in [0.5, 0.6) is 0 Å². The van der Waals surface area contributed by atoms with E-state index in [-0.39, 0.29) is 12.6 Å². The smallest absolute Gasteiger partial charge is 0.147 e. The van der Waals surface area contributed by atoms with E-state index in [1.165, 1.54) is 0 Å². The quantitative estimate of drug-likeness (QED) is 0.680. The number of aliphatic hydroxyl groups is 1. The number of aliphatic hydroxyl groups excluding tert-OH is 1. The van der Waals surface area contributed by atoms with E-state index in [2.05, 4.69) is 17.3 Å². The van der Waals surface area contributed by atoms with Crippen LogP contribution in [-0.2, 0) is 13.5 Å². The molecule has 1 unspecified atom stereocenters. The van der Waals surface area contributed by atoms with Crippen LogP contribution < -0.4 is 11.1 Å². The van der Waals surface area contributed by atoms with Crippen molar-refractivity contribution in [2.45, 2.75) is 39.2 Å². The number of hydrogen-bond acceptors (Lipinski definition) is 4. The van der Waals surface area contributed by atoms with Gasteiger partial charge >= 0.3 is 0 Å².